The van der Waals surface area contributed by atoms with Crippen LogP contribution in [0.4, 0.5) is 10.8 Å². The highest BCUT2D eigenvalue weighted by Crippen LogP contribution is 2.42. The molecule has 0 saturated carbocycles. The van der Waals surface area contributed by atoms with Crippen molar-refractivity contribution in [1.29, 1.82) is 0 Å². The summed E-state index contributed by atoms with van der Waals surface area (Å²) in [4.78, 5) is 31.1. The lowest BCUT2D eigenvalue weighted by Gasteiger charge is -2.16. The Labute approximate surface area is 184 Å². The number of rotatable bonds is 5. The smallest absolute Gasteiger partial charge is 0.236 e. The van der Waals surface area contributed by atoms with Gasteiger partial charge in [-0.1, -0.05) is 29.8 Å². The molecule has 0 radical (unpaired) electrons. The Morgan fingerprint density at radius 3 is 2.67 bits per heavy atom. The van der Waals surface area contributed by atoms with Gasteiger partial charge in [0.2, 0.25) is 11.8 Å². The first kappa shape index (κ1) is 20.6. The van der Waals surface area contributed by atoms with E-state index in [0.717, 1.165) is 28.1 Å². The number of aryl methyl sites for hydroxylation is 1. The number of benzene rings is 2. The first-order chi connectivity index (χ1) is 14.3. The summed E-state index contributed by atoms with van der Waals surface area (Å²) in [6.07, 6.45) is 1.01. The highest BCUT2D eigenvalue weighted by atomic mass is 35.5. The molecule has 1 aliphatic heterocycles. The molecule has 0 aliphatic carbocycles. The van der Waals surface area contributed by atoms with E-state index >= 15 is 0 Å². The maximum Gasteiger partial charge on any atom is 0.236 e. The van der Waals surface area contributed by atoms with Crippen molar-refractivity contribution in [2.75, 3.05) is 17.3 Å². The third-order valence-corrected chi connectivity index (χ3v) is 6.48. The summed E-state index contributed by atoms with van der Waals surface area (Å²) in [7, 11) is 1.80. The zero-order chi connectivity index (χ0) is 21.5. The molecule has 2 amide bonds. The lowest BCUT2D eigenvalue weighted by Crippen LogP contribution is -2.33. The highest BCUT2D eigenvalue weighted by Gasteiger charge is 2.42. The molecule has 2 aromatic carbocycles. The molecule has 1 aliphatic rings. The monoisotopic (exact) mass is 439 g/mol. The number of carbonyl (C=O) groups is 2. The SMILES string of the molecule is CN1C(=O)C(C)(C)c2cc(-c3csc(NC(=O)CCc4ccc(Cl)cc4)n3)ccc21. The molecule has 0 spiro atoms. The summed E-state index contributed by atoms with van der Waals surface area (Å²) in [5.41, 5.74) is 4.15. The molecular formula is C23H22ClN3O2S. The van der Waals surface area contributed by atoms with Gasteiger partial charge < -0.3 is 10.2 Å². The summed E-state index contributed by atoms with van der Waals surface area (Å²) in [6.45, 7) is 3.88. The molecule has 0 atom stereocenters. The van der Waals surface area contributed by atoms with Crippen LogP contribution in [-0.2, 0) is 21.4 Å². The summed E-state index contributed by atoms with van der Waals surface area (Å²) in [5, 5.41) is 6.05. The van der Waals surface area contributed by atoms with Crippen LogP contribution in [0.25, 0.3) is 11.3 Å². The molecule has 5 nitrogen and oxygen atoms in total. The Morgan fingerprint density at radius 2 is 1.93 bits per heavy atom. The van der Waals surface area contributed by atoms with E-state index in [9.17, 15) is 9.59 Å². The maximum atomic E-state index is 12.5. The molecule has 0 fully saturated rings. The number of amides is 2. The number of halogens is 1. The number of anilines is 2. The van der Waals surface area contributed by atoms with Crippen LogP contribution in [0.15, 0.2) is 47.8 Å². The molecule has 0 bridgehead atoms. The largest absolute Gasteiger partial charge is 0.314 e. The molecule has 30 heavy (non-hydrogen) atoms. The number of nitrogens with one attached hydrogen (secondary N) is 1. The van der Waals surface area contributed by atoms with Crippen LogP contribution in [0.5, 0.6) is 0 Å². The third kappa shape index (κ3) is 3.85. The normalized spacial score (nSPS) is 14.7. The first-order valence-corrected chi connectivity index (χ1v) is 10.9. The molecule has 154 valence electrons. The minimum atomic E-state index is -0.561. The van der Waals surface area contributed by atoms with E-state index in [1.807, 2.05) is 61.7 Å². The Morgan fingerprint density at radius 1 is 1.20 bits per heavy atom. The average Bonchev–Trinajstić information content (AvgIpc) is 3.25. The minimum Gasteiger partial charge on any atom is -0.314 e. The predicted octanol–water partition coefficient (Wildman–Crippen LogP) is 5.29. The number of fused-ring (bicyclic) bond motifs is 1. The van der Waals surface area contributed by atoms with Gasteiger partial charge in [0.15, 0.2) is 5.13 Å². The van der Waals surface area contributed by atoms with E-state index in [4.69, 9.17) is 11.6 Å². The zero-order valence-corrected chi connectivity index (χ0v) is 18.6. The molecule has 0 unspecified atom stereocenters. The predicted molar refractivity (Wildman–Crippen MR) is 122 cm³/mol. The second-order valence-corrected chi connectivity index (χ2v) is 9.23. The van der Waals surface area contributed by atoms with E-state index in [-0.39, 0.29) is 11.8 Å². The van der Waals surface area contributed by atoms with Gasteiger partial charge in [0.05, 0.1) is 11.1 Å². The van der Waals surface area contributed by atoms with E-state index in [1.165, 1.54) is 11.3 Å². The minimum absolute atomic E-state index is 0.0758. The molecule has 2 heterocycles. The first-order valence-electron chi connectivity index (χ1n) is 9.68. The van der Waals surface area contributed by atoms with Crippen molar-refractivity contribution in [3.63, 3.8) is 0 Å². The summed E-state index contributed by atoms with van der Waals surface area (Å²) >= 11 is 7.28. The Hall–Kier alpha value is -2.70. The molecular weight excluding hydrogens is 418 g/mol. The van der Waals surface area contributed by atoms with Crippen LogP contribution < -0.4 is 10.2 Å². The number of likely N-dealkylation sites (N-methyl/N-ethyl adjacent to an activating group) is 1. The molecule has 4 rings (SSSR count). The van der Waals surface area contributed by atoms with E-state index in [1.54, 1.807) is 11.9 Å². The van der Waals surface area contributed by atoms with Crippen molar-refractivity contribution in [2.24, 2.45) is 0 Å². The standard InChI is InChI=1S/C23H22ClN3O2S/c1-23(2)17-12-15(7-10-19(17)27(3)21(23)29)18-13-30-22(25-18)26-20(28)11-6-14-4-8-16(24)9-5-14/h4-5,7-10,12-13H,6,11H2,1-3H3,(H,25,26,28). The molecule has 7 heteroatoms. The van der Waals surface area contributed by atoms with Gasteiger partial charge in [-0.2, -0.15) is 0 Å². The van der Waals surface area contributed by atoms with Gasteiger partial charge in [-0.15, -0.1) is 11.3 Å². The van der Waals surface area contributed by atoms with Crippen LogP contribution in [0.2, 0.25) is 5.02 Å². The fourth-order valence-electron chi connectivity index (χ4n) is 3.69. The Balaban J connectivity index is 1.44. The lowest BCUT2D eigenvalue weighted by molar-refractivity contribution is -0.121. The maximum absolute atomic E-state index is 12.5. The van der Waals surface area contributed by atoms with Crippen LogP contribution in [0, 0.1) is 0 Å². The quantitative estimate of drug-likeness (QED) is 0.587. The van der Waals surface area contributed by atoms with Crippen LogP contribution in [0.1, 0.15) is 31.4 Å². The van der Waals surface area contributed by atoms with Crippen LogP contribution in [0.3, 0.4) is 0 Å². The Kier molecular flexibility index (Phi) is 5.38. The van der Waals surface area contributed by atoms with Gasteiger partial charge in [0.25, 0.3) is 0 Å². The second kappa shape index (κ2) is 7.85. The molecule has 1 N–H and O–H groups in total. The lowest BCUT2D eigenvalue weighted by atomic mass is 9.85. The summed E-state index contributed by atoms with van der Waals surface area (Å²) < 4.78 is 0. The third-order valence-electron chi connectivity index (χ3n) is 5.47. The van der Waals surface area contributed by atoms with Crippen molar-refractivity contribution in [3.05, 3.63) is 64.0 Å². The van der Waals surface area contributed by atoms with Gasteiger partial charge in [0, 0.05) is 35.1 Å². The Bertz CT molecular complexity index is 1120. The van der Waals surface area contributed by atoms with Gasteiger partial charge in [-0.05, 0) is 55.7 Å². The summed E-state index contributed by atoms with van der Waals surface area (Å²) in [5.74, 6) is 0.00901. The number of hydrogen-bond acceptors (Lipinski definition) is 4. The van der Waals surface area contributed by atoms with E-state index in [2.05, 4.69) is 10.3 Å². The molecule has 0 saturated heterocycles. The molecule has 1 aromatic heterocycles. The number of thiazole rings is 1. The van der Waals surface area contributed by atoms with Gasteiger partial charge in [-0.3, -0.25) is 9.59 Å². The van der Waals surface area contributed by atoms with Gasteiger partial charge >= 0.3 is 0 Å². The number of aromatic nitrogens is 1. The number of hydrogen-bond donors (Lipinski definition) is 1. The van der Waals surface area contributed by atoms with Crippen molar-refractivity contribution in [3.8, 4) is 11.3 Å². The number of nitrogens with zero attached hydrogens (tertiary/aromatic N) is 2. The van der Waals surface area contributed by atoms with E-state index in [0.29, 0.717) is 23.0 Å². The van der Waals surface area contributed by atoms with Crippen molar-refractivity contribution < 1.29 is 9.59 Å². The molecule has 3 aromatic rings. The number of carbonyl (C=O) groups excluding carboxylic acids is 2. The van der Waals surface area contributed by atoms with Crippen molar-refractivity contribution in [2.45, 2.75) is 32.1 Å². The average molecular weight is 440 g/mol. The second-order valence-electron chi connectivity index (χ2n) is 7.93. The fraction of sp³-hybridized carbons (Fsp3) is 0.261. The van der Waals surface area contributed by atoms with Gasteiger partial charge in [0.1, 0.15) is 0 Å². The van der Waals surface area contributed by atoms with Crippen molar-refractivity contribution >= 4 is 45.6 Å². The summed E-state index contributed by atoms with van der Waals surface area (Å²) in [6, 6.07) is 13.4. The fourth-order valence-corrected chi connectivity index (χ4v) is 4.55. The highest BCUT2D eigenvalue weighted by molar-refractivity contribution is 7.14. The topological polar surface area (TPSA) is 62.3 Å². The zero-order valence-electron chi connectivity index (χ0n) is 17.0. The van der Waals surface area contributed by atoms with Gasteiger partial charge in [-0.25, -0.2) is 4.98 Å². The van der Waals surface area contributed by atoms with E-state index < -0.39 is 5.41 Å². The van der Waals surface area contributed by atoms with Crippen LogP contribution >= 0.6 is 22.9 Å². The van der Waals surface area contributed by atoms with Crippen molar-refractivity contribution in [1.82, 2.24) is 4.98 Å². The van der Waals surface area contributed by atoms with Crippen LogP contribution in [-0.4, -0.2) is 23.8 Å².